The first-order valence-electron chi connectivity index (χ1n) is 28.8. The first-order chi connectivity index (χ1) is 32.2. The van der Waals surface area contributed by atoms with Crippen molar-refractivity contribution in [1.82, 2.24) is 0 Å². The van der Waals surface area contributed by atoms with Crippen LogP contribution in [0.4, 0.5) is 0 Å². The van der Waals surface area contributed by atoms with Gasteiger partial charge in [0.1, 0.15) is 0 Å². The highest BCUT2D eigenvalue weighted by molar-refractivity contribution is 4.72. The van der Waals surface area contributed by atoms with Crippen LogP contribution in [0.15, 0.2) is 0 Å². The van der Waals surface area contributed by atoms with Crippen LogP contribution < -0.4 is 0 Å². The first-order valence-corrected chi connectivity index (χ1v) is 28.8. The van der Waals surface area contributed by atoms with Crippen molar-refractivity contribution in [3.05, 3.63) is 0 Å². The molecule has 0 heterocycles. The second-order valence-corrected chi connectivity index (χ2v) is 23.6. The summed E-state index contributed by atoms with van der Waals surface area (Å²) >= 11 is 0. The van der Waals surface area contributed by atoms with Gasteiger partial charge in [-0.2, -0.15) is 0 Å². The number of hydrogen-bond acceptors (Lipinski definition) is 8. The van der Waals surface area contributed by atoms with E-state index in [9.17, 15) is 0 Å². The summed E-state index contributed by atoms with van der Waals surface area (Å²) in [7, 11) is 8.90. The molecule has 0 N–H and O–H groups in total. The van der Waals surface area contributed by atoms with Crippen molar-refractivity contribution in [2.75, 3.05) is 42.2 Å². The maximum atomic E-state index is 5.70. The molecule has 0 amide bonds. The SMILES string of the molecule is CC(C)C(C)OC(C)(C)C.CC(C)OC(C)C(C)C.CCC(C)C(C)OC.CCOC(C)C(C)C.COC(C)C(C)C.COC(C)C(C)C(C)C.COC(C)C1CCCC1.COC(C)C1CCCCC1. The highest BCUT2D eigenvalue weighted by Crippen LogP contribution is 2.29. The van der Waals surface area contributed by atoms with Gasteiger partial charge in [-0.3, -0.25) is 0 Å². The molecule has 2 aliphatic carbocycles. The molecule has 8 nitrogen and oxygen atoms in total. The van der Waals surface area contributed by atoms with Crippen LogP contribution in [0.5, 0.6) is 0 Å². The number of ether oxygens (including phenoxy) is 8. The van der Waals surface area contributed by atoms with Crippen LogP contribution in [-0.2, 0) is 37.9 Å². The Labute approximate surface area is 443 Å². The van der Waals surface area contributed by atoms with Crippen LogP contribution in [0.1, 0.15) is 251 Å². The summed E-state index contributed by atoms with van der Waals surface area (Å²) in [6.45, 7) is 58.6. The van der Waals surface area contributed by atoms with E-state index >= 15 is 0 Å². The molecular weight excluding hydrogens is 873 g/mol. The number of hydrogen-bond donors (Lipinski definition) is 0. The van der Waals surface area contributed by atoms with Gasteiger partial charge >= 0.3 is 0 Å². The molecule has 10 atom stereocenters. The van der Waals surface area contributed by atoms with Crippen molar-refractivity contribution in [3.63, 3.8) is 0 Å². The van der Waals surface area contributed by atoms with Crippen molar-refractivity contribution < 1.29 is 37.9 Å². The maximum Gasteiger partial charge on any atom is 0.0602 e. The van der Waals surface area contributed by atoms with E-state index in [2.05, 4.69) is 180 Å². The van der Waals surface area contributed by atoms with Crippen molar-refractivity contribution in [3.8, 4) is 0 Å². The van der Waals surface area contributed by atoms with Gasteiger partial charge in [-0.25, -0.2) is 0 Å². The van der Waals surface area contributed by atoms with E-state index in [4.69, 9.17) is 37.9 Å². The summed E-state index contributed by atoms with van der Waals surface area (Å²) in [6, 6.07) is 0. The van der Waals surface area contributed by atoms with Crippen LogP contribution in [0.25, 0.3) is 0 Å². The summed E-state index contributed by atoms with van der Waals surface area (Å²) in [6.07, 6.45) is 17.6. The van der Waals surface area contributed by atoms with E-state index in [0.29, 0.717) is 90.4 Å². The molecule has 0 aromatic rings. The lowest BCUT2D eigenvalue weighted by Crippen LogP contribution is -2.28. The lowest BCUT2D eigenvalue weighted by molar-refractivity contribution is -0.0698. The first kappa shape index (κ1) is 81.1. The minimum absolute atomic E-state index is 0.00366. The van der Waals surface area contributed by atoms with Gasteiger partial charge in [0.05, 0.1) is 60.5 Å². The third kappa shape index (κ3) is 54.0. The molecule has 0 saturated heterocycles. The largest absolute Gasteiger partial charge is 0.381 e. The van der Waals surface area contributed by atoms with Gasteiger partial charge in [0.25, 0.3) is 0 Å². The molecule has 432 valence electrons. The smallest absolute Gasteiger partial charge is 0.0602 e. The van der Waals surface area contributed by atoms with E-state index in [1.54, 1.807) is 21.3 Å². The quantitative estimate of drug-likeness (QED) is 0.119. The fourth-order valence-corrected chi connectivity index (χ4v) is 6.74. The molecule has 0 aromatic heterocycles. The normalized spacial score (nSPS) is 18.4. The van der Waals surface area contributed by atoms with E-state index in [1.807, 2.05) is 21.1 Å². The summed E-state index contributed by atoms with van der Waals surface area (Å²) in [5, 5.41) is 0. The average Bonchev–Trinajstić information content (AvgIpc) is 3.86. The Morgan fingerprint density at radius 1 is 0.386 bits per heavy atom. The Kier molecular flexibility index (Phi) is 58.8. The van der Waals surface area contributed by atoms with Crippen molar-refractivity contribution in [1.29, 1.82) is 0 Å². The maximum absolute atomic E-state index is 5.70. The zero-order valence-electron chi connectivity index (χ0n) is 53.9. The zero-order valence-corrected chi connectivity index (χ0v) is 53.9. The van der Waals surface area contributed by atoms with Crippen molar-refractivity contribution >= 4 is 0 Å². The van der Waals surface area contributed by atoms with Gasteiger partial charge in [0, 0.05) is 42.2 Å². The molecule has 10 unspecified atom stereocenters. The molecule has 0 aliphatic heterocycles. The van der Waals surface area contributed by atoms with Crippen molar-refractivity contribution in [2.24, 2.45) is 53.3 Å². The molecule has 0 spiro atoms. The van der Waals surface area contributed by atoms with Crippen LogP contribution >= 0.6 is 0 Å². The Bertz CT molecular complexity index is 982. The molecule has 8 heteroatoms. The second-order valence-electron chi connectivity index (χ2n) is 23.6. The van der Waals surface area contributed by atoms with E-state index < -0.39 is 0 Å². The summed E-state index contributed by atoms with van der Waals surface area (Å²) < 4.78 is 42.3. The zero-order chi connectivity index (χ0) is 56.3. The lowest BCUT2D eigenvalue weighted by Gasteiger charge is -2.27. The molecule has 0 radical (unpaired) electrons. The van der Waals surface area contributed by atoms with Crippen LogP contribution in [0.3, 0.4) is 0 Å². The monoisotopic (exact) mass is 1010 g/mol. The fourth-order valence-electron chi connectivity index (χ4n) is 6.74. The van der Waals surface area contributed by atoms with Gasteiger partial charge < -0.3 is 37.9 Å². The van der Waals surface area contributed by atoms with Gasteiger partial charge in [0.2, 0.25) is 0 Å². The number of methoxy groups -OCH3 is 5. The Morgan fingerprint density at radius 3 is 0.886 bits per heavy atom. The predicted octanol–water partition coefficient (Wildman–Crippen LogP) is 18.2. The molecule has 0 aromatic carbocycles. The minimum atomic E-state index is 0.00366. The Hall–Kier alpha value is -0.320. The molecular formula is C62H136O8. The third-order valence-electron chi connectivity index (χ3n) is 14.7. The molecule has 2 saturated carbocycles. The topological polar surface area (TPSA) is 73.8 Å². The van der Waals surface area contributed by atoms with Gasteiger partial charge in [-0.1, -0.05) is 129 Å². The molecule has 70 heavy (non-hydrogen) atoms. The molecule has 2 rings (SSSR count). The summed E-state index contributed by atoms with van der Waals surface area (Å²) in [4.78, 5) is 0. The standard InChI is InChI=1S/C9H18O.C9H20O.C8H16O.2C8H18O.2C7H16O.C6H14O/c1-8(10-2)9-6-4-3-5-7-9;1-7(2)8(3)10-9(4,5)6;1-7(9-2)8-5-3-4-6-8;1-6(2)7(3)8(4)9-5;1-6(2)8(5)9-7(3)4;1-5-6(2)7(3)8-4;1-5-8-7(4)6(2)3;1-5(2)6(3)7-4/h8-9H,3-7H2,1-2H3;7-8H,1-6H3;7-8H,3-6H2,1-2H3;2*6-8H,1-5H3;2*6-7H,5H2,1-4H3;5-6H,1-4H3. The van der Waals surface area contributed by atoms with Gasteiger partial charge in [-0.05, 0) is 176 Å². The number of rotatable bonds is 20. The van der Waals surface area contributed by atoms with Gasteiger partial charge in [-0.15, -0.1) is 0 Å². The van der Waals surface area contributed by atoms with E-state index in [0.717, 1.165) is 24.4 Å². The highest BCUT2D eigenvalue weighted by atomic mass is 16.5. The van der Waals surface area contributed by atoms with E-state index in [-0.39, 0.29) is 5.60 Å². The summed E-state index contributed by atoms with van der Waals surface area (Å²) in [5.74, 6) is 6.32. The summed E-state index contributed by atoms with van der Waals surface area (Å²) in [5.41, 5.74) is 0.00366. The predicted molar refractivity (Wildman–Crippen MR) is 311 cm³/mol. The molecule has 2 aliphatic rings. The highest BCUT2D eigenvalue weighted by Gasteiger charge is 2.21. The fraction of sp³-hybridized carbons (Fsp3) is 1.00. The Balaban J connectivity index is -0.000000168. The molecule has 0 bridgehead atoms. The molecule has 2 fully saturated rings. The third-order valence-corrected chi connectivity index (χ3v) is 14.7. The second kappa shape index (κ2) is 50.8. The average molecular weight is 1010 g/mol. The lowest BCUT2D eigenvalue weighted by atomic mass is 9.86. The van der Waals surface area contributed by atoms with E-state index in [1.165, 1.54) is 64.2 Å². The van der Waals surface area contributed by atoms with Crippen LogP contribution in [0.2, 0.25) is 0 Å². The van der Waals surface area contributed by atoms with Gasteiger partial charge in [0.15, 0.2) is 0 Å². The van der Waals surface area contributed by atoms with Crippen LogP contribution in [-0.4, -0.2) is 103 Å². The minimum Gasteiger partial charge on any atom is -0.381 e. The van der Waals surface area contributed by atoms with Crippen LogP contribution in [0, 0.1) is 53.3 Å². The Morgan fingerprint density at radius 2 is 0.729 bits per heavy atom. The van der Waals surface area contributed by atoms with Crippen molar-refractivity contribution in [2.45, 2.75) is 312 Å².